The van der Waals surface area contributed by atoms with Gasteiger partial charge in [-0.3, -0.25) is 0 Å². The highest BCUT2D eigenvalue weighted by atomic mass is 32.2. The van der Waals surface area contributed by atoms with Crippen molar-refractivity contribution < 1.29 is 26.3 Å². The van der Waals surface area contributed by atoms with Crippen LogP contribution in [0.1, 0.15) is 16.8 Å². The van der Waals surface area contributed by atoms with E-state index in [-0.39, 0.29) is 16.6 Å². The van der Waals surface area contributed by atoms with E-state index in [0.717, 1.165) is 30.0 Å². The van der Waals surface area contributed by atoms with E-state index in [1.165, 1.54) is 23.5 Å². The Kier molecular flexibility index (Phi) is 5.48. The van der Waals surface area contributed by atoms with Crippen LogP contribution in [0.15, 0.2) is 53.0 Å². The summed E-state index contributed by atoms with van der Waals surface area (Å²) in [6.45, 7) is 0. The van der Waals surface area contributed by atoms with Crippen molar-refractivity contribution in [2.75, 3.05) is 0 Å². The monoisotopic (exact) mass is 420 g/mol. The first kappa shape index (κ1) is 19.7. The van der Waals surface area contributed by atoms with Gasteiger partial charge in [0.2, 0.25) is 0 Å². The number of aromatic nitrogens is 2. The molecule has 0 radical (unpaired) electrons. The normalized spacial score (nSPS) is 12.4. The lowest BCUT2D eigenvalue weighted by molar-refractivity contribution is -0.141. The van der Waals surface area contributed by atoms with Crippen LogP contribution in [-0.4, -0.2) is 9.97 Å². The van der Waals surface area contributed by atoms with Crippen molar-refractivity contribution >= 4 is 23.1 Å². The van der Waals surface area contributed by atoms with E-state index in [2.05, 4.69) is 9.97 Å². The smallest absolute Gasteiger partial charge is 0.222 e. The van der Waals surface area contributed by atoms with Crippen LogP contribution in [0.2, 0.25) is 0 Å². The molecule has 142 valence electrons. The van der Waals surface area contributed by atoms with E-state index < -0.39 is 23.6 Å². The molecule has 0 aliphatic rings. The molecule has 0 saturated carbocycles. The zero-order valence-corrected chi connectivity index (χ0v) is 14.9. The van der Waals surface area contributed by atoms with Gasteiger partial charge in [-0.1, -0.05) is 36.0 Å². The van der Waals surface area contributed by atoms with Crippen LogP contribution < -0.4 is 0 Å². The summed E-state index contributed by atoms with van der Waals surface area (Å²) in [7, 11) is 0. The van der Waals surface area contributed by atoms with Crippen molar-refractivity contribution in [2.45, 2.75) is 23.3 Å². The maximum absolute atomic E-state index is 13.1. The second-order valence-electron chi connectivity index (χ2n) is 5.38. The largest absolute Gasteiger partial charge is 0.433 e. The SMILES string of the molecule is FC(F)(F)c1cccc(CSc2nc(-c3cccs3)cc(C(F)(F)F)n2)c1. The summed E-state index contributed by atoms with van der Waals surface area (Å²) in [6, 6.07) is 8.79. The molecule has 0 amide bonds. The molecule has 0 N–H and O–H groups in total. The fraction of sp³-hybridized carbons (Fsp3) is 0.176. The molecular weight excluding hydrogens is 410 g/mol. The molecule has 0 aliphatic heterocycles. The number of rotatable bonds is 4. The van der Waals surface area contributed by atoms with Gasteiger partial charge in [0, 0.05) is 5.75 Å². The molecule has 0 spiro atoms. The summed E-state index contributed by atoms with van der Waals surface area (Å²) in [5.41, 5.74) is -1.47. The highest BCUT2D eigenvalue weighted by Gasteiger charge is 2.34. The Hall–Kier alpha value is -2.07. The summed E-state index contributed by atoms with van der Waals surface area (Å²) in [6.07, 6.45) is -9.14. The molecule has 0 bridgehead atoms. The van der Waals surface area contributed by atoms with Gasteiger partial charge in [-0.2, -0.15) is 26.3 Å². The second-order valence-corrected chi connectivity index (χ2v) is 7.27. The number of hydrogen-bond donors (Lipinski definition) is 0. The summed E-state index contributed by atoms with van der Waals surface area (Å²) < 4.78 is 77.7. The molecule has 0 fully saturated rings. The number of alkyl halides is 6. The molecule has 2 aromatic heterocycles. The molecule has 0 atom stereocenters. The summed E-state index contributed by atoms with van der Waals surface area (Å²) in [5.74, 6) is 0.00904. The topological polar surface area (TPSA) is 25.8 Å². The molecule has 1 aromatic carbocycles. The number of nitrogens with zero attached hydrogens (tertiary/aromatic N) is 2. The third kappa shape index (κ3) is 5.01. The zero-order valence-electron chi connectivity index (χ0n) is 13.3. The Bertz CT molecular complexity index is 920. The predicted octanol–water partition coefficient (Wildman–Crippen LogP) is 6.54. The van der Waals surface area contributed by atoms with Crippen LogP contribution in [-0.2, 0) is 18.1 Å². The van der Waals surface area contributed by atoms with Crippen LogP contribution in [0.25, 0.3) is 10.6 Å². The first-order valence-electron chi connectivity index (χ1n) is 7.42. The number of benzene rings is 1. The number of thioether (sulfide) groups is 1. The lowest BCUT2D eigenvalue weighted by Crippen LogP contribution is -2.10. The molecule has 10 heteroatoms. The average molecular weight is 420 g/mol. The molecule has 2 nitrogen and oxygen atoms in total. The summed E-state index contributed by atoms with van der Waals surface area (Å²) >= 11 is 2.08. The van der Waals surface area contributed by atoms with Crippen LogP contribution in [0.4, 0.5) is 26.3 Å². The van der Waals surface area contributed by atoms with Gasteiger partial charge in [0.15, 0.2) is 5.16 Å². The molecule has 0 unspecified atom stereocenters. The lowest BCUT2D eigenvalue weighted by atomic mass is 10.1. The van der Waals surface area contributed by atoms with E-state index in [1.54, 1.807) is 17.5 Å². The van der Waals surface area contributed by atoms with Gasteiger partial charge < -0.3 is 0 Å². The fourth-order valence-electron chi connectivity index (χ4n) is 2.17. The third-order valence-electron chi connectivity index (χ3n) is 3.39. The fourth-order valence-corrected chi connectivity index (χ4v) is 3.66. The van der Waals surface area contributed by atoms with Crippen LogP contribution >= 0.6 is 23.1 Å². The quantitative estimate of drug-likeness (QED) is 0.272. The molecule has 27 heavy (non-hydrogen) atoms. The van der Waals surface area contributed by atoms with Gasteiger partial charge in [-0.05, 0) is 29.1 Å². The standard InChI is InChI=1S/C17H10F6N2S2/c18-16(19,20)11-4-1-3-10(7-11)9-27-15-24-12(13-5-2-6-26-13)8-14(25-15)17(21,22)23/h1-8H,9H2. The predicted molar refractivity (Wildman–Crippen MR) is 91.4 cm³/mol. The average Bonchev–Trinajstić information content (AvgIpc) is 3.13. The van der Waals surface area contributed by atoms with Gasteiger partial charge >= 0.3 is 12.4 Å². The van der Waals surface area contributed by atoms with E-state index >= 15 is 0 Å². The first-order valence-corrected chi connectivity index (χ1v) is 9.28. The van der Waals surface area contributed by atoms with Gasteiger partial charge in [0.25, 0.3) is 0 Å². The van der Waals surface area contributed by atoms with Crippen LogP contribution in [0, 0.1) is 0 Å². The maximum Gasteiger partial charge on any atom is 0.433 e. The number of thiophene rings is 1. The van der Waals surface area contributed by atoms with Crippen LogP contribution in [0.5, 0.6) is 0 Å². The van der Waals surface area contributed by atoms with Crippen molar-refractivity contribution in [1.29, 1.82) is 0 Å². The molecule has 2 heterocycles. The van der Waals surface area contributed by atoms with Gasteiger partial charge in [0.05, 0.1) is 16.1 Å². The number of hydrogen-bond acceptors (Lipinski definition) is 4. The highest BCUT2D eigenvalue weighted by Crippen LogP contribution is 2.34. The minimum atomic E-state index is -4.65. The Balaban J connectivity index is 1.87. The number of halogens is 6. The second kappa shape index (κ2) is 7.51. The highest BCUT2D eigenvalue weighted by molar-refractivity contribution is 7.98. The molecular formula is C17H10F6N2S2. The van der Waals surface area contributed by atoms with Gasteiger partial charge in [0.1, 0.15) is 5.69 Å². The minimum absolute atomic E-state index is 0.00904. The molecule has 3 rings (SSSR count). The summed E-state index contributed by atoms with van der Waals surface area (Å²) in [5, 5.41) is 1.56. The van der Waals surface area contributed by atoms with E-state index in [9.17, 15) is 26.3 Å². The van der Waals surface area contributed by atoms with Crippen LogP contribution in [0.3, 0.4) is 0 Å². The minimum Gasteiger partial charge on any atom is -0.222 e. The van der Waals surface area contributed by atoms with Gasteiger partial charge in [-0.25, -0.2) is 9.97 Å². The Morgan fingerprint density at radius 1 is 0.889 bits per heavy atom. The molecule has 3 aromatic rings. The molecule has 0 aliphatic carbocycles. The lowest BCUT2D eigenvalue weighted by Gasteiger charge is -2.10. The summed E-state index contributed by atoms with van der Waals surface area (Å²) in [4.78, 5) is 8.17. The van der Waals surface area contributed by atoms with Crippen molar-refractivity contribution in [3.05, 3.63) is 64.7 Å². The van der Waals surface area contributed by atoms with Crippen molar-refractivity contribution in [3.8, 4) is 10.6 Å². The van der Waals surface area contributed by atoms with Crippen molar-refractivity contribution in [1.82, 2.24) is 9.97 Å². The Morgan fingerprint density at radius 3 is 2.30 bits per heavy atom. The Morgan fingerprint density at radius 2 is 1.67 bits per heavy atom. The first-order chi connectivity index (χ1) is 12.6. The van der Waals surface area contributed by atoms with E-state index in [0.29, 0.717) is 10.4 Å². The zero-order chi connectivity index (χ0) is 19.7. The van der Waals surface area contributed by atoms with E-state index in [1.807, 2.05) is 0 Å². The van der Waals surface area contributed by atoms with Gasteiger partial charge in [-0.15, -0.1) is 11.3 Å². The van der Waals surface area contributed by atoms with Crippen molar-refractivity contribution in [2.24, 2.45) is 0 Å². The van der Waals surface area contributed by atoms with E-state index in [4.69, 9.17) is 0 Å². The van der Waals surface area contributed by atoms with Crippen molar-refractivity contribution in [3.63, 3.8) is 0 Å². The third-order valence-corrected chi connectivity index (χ3v) is 5.20. The Labute approximate surface area is 158 Å². The molecule has 0 saturated heterocycles. The maximum atomic E-state index is 13.1.